The zero-order valence-corrected chi connectivity index (χ0v) is 4.68. The van der Waals surface area contributed by atoms with E-state index in [1.54, 1.807) is 0 Å². The van der Waals surface area contributed by atoms with Gasteiger partial charge >= 0.3 is 0 Å². The number of rotatable bonds is 2. The normalized spacial score (nSPS) is 16.2. The monoisotopic (exact) mass is 108 g/mol. The molecule has 0 aliphatic heterocycles. The van der Waals surface area contributed by atoms with E-state index in [0.717, 1.165) is 18.4 Å². The predicted octanol–water partition coefficient (Wildman–Crippen LogP) is 1.46. The van der Waals surface area contributed by atoms with Gasteiger partial charge in [0.25, 0.3) is 0 Å². The predicted molar refractivity (Wildman–Crippen MR) is 32.5 cm³/mol. The van der Waals surface area contributed by atoms with E-state index in [-0.39, 0.29) is 5.78 Å². The van der Waals surface area contributed by atoms with Crippen LogP contribution >= 0.6 is 0 Å². The summed E-state index contributed by atoms with van der Waals surface area (Å²) in [6.07, 6.45) is 5.33. The fourth-order valence-corrected chi connectivity index (χ4v) is 0.644. The van der Waals surface area contributed by atoms with E-state index in [9.17, 15) is 4.79 Å². The molecule has 0 fully saturated rings. The van der Waals surface area contributed by atoms with Crippen LogP contribution in [0.1, 0.15) is 12.8 Å². The van der Waals surface area contributed by atoms with Gasteiger partial charge in [-0.1, -0.05) is 12.7 Å². The molecular weight excluding hydrogens is 100 g/mol. The van der Waals surface area contributed by atoms with Gasteiger partial charge in [-0.2, -0.15) is 0 Å². The Morgan fingerprint density at radius 3 is 2.62 bits per heavy atom. The van der Waals surface area contributed by atoms with Crippen LogP contribution in [0, 0.1) is 0 Å². The first-order valence-electron chi connectivity index (χ1n) is 2.70. The maximum absolute atomic E-state index is 10.6. The summed E-state index contributed by atoms with van der Waals surface area (Å²) in [5, 5.41) is 0. The Kier molecular flexibility index (Phi) is 1.29. The number of allylic oxidation sites excluding steroid dienone is 3. The largest absolute Gasteiger partial charge is 0.290 e. The van der Waals surface area contributed by atoms with Gasteiger partial charge in [-0.05, 0) is 24.5 Å². The minimum atomic E-state index is 0.0938. The minimum Gasteiger partial charge on any atom is -0.290 e. The van der Waals surface area contributed by atoms with Gasteiger partial charge in [-0.3, -0.25) is 4.79 Å². The summed E-state index contributed by atoms with van der Waals surface area (Å²) in [4.78, 5) is 10.6. The molecule has 0 atom stereocenters. The van der Waals surface area contributed by atoms with Crippen molar-refractivity contribution in [1.82, 2.24) is 0 Å². The molecule has 1 nitrogen and oxygen atoms in total. The SMILES string of the molecule is C=CC(=O)C1=CCC1. The van der Waals surface area contributed by atoms with Gasteiger partial charge in [0.1, 0.15) is 0 Å². The highest BCUT2D eigenvalue weighted by molar-refractivity contribution is 6.04. The number of carbonyl (C=O) groups excluding carboxylic acids is 1. The smallest absolute Gasteiger partial charge is 0.180 e. The lowest BCUT2D eigenvalue weighted by atomic mass is 9.95. The molecule has 0 amide bonds. The van der Waals surface area contributed by atoms with E-state index in [1.165, 1.54) is 6.08 Å². The molecule has 0 aromatic rings. The molecule has 1 rings (SSSR count). The second kappa shape index (κ2) is 1.95. The van der Waals surface area contributed by atoms with Crippen LogP contribution in [0.15, 0.2) is 24.3 Å². The molecule has 1 aliphatic carbocycles. The van der Waals surface area contributed by atoms with Gasteiger partial charge in [0.05, 0.1) is 0 Å². The maximum Gasteiger partial charge on any atom is 0.180 e. The van der Waals surface area contributed by atoms with Crippen LogP contribution < -0.4 is 0 Å². The molecule has 8 heavy (non-hydrogen) atoms. The lowest BCUT2D eigenvalue weighted by Gasteiger charge is -2.08. The van der Waals surface area contributed by atoms with Crippen LogP contribution in [0.5, 0.6) is 0 Å². The van der Waals surface area contributed by atoms with Gasteiger partial charge in [0.2, 0.25) is 0 Å². The van der Waals surface area contributed by atoms with Crippen LogP contribution in [0.2, 0.25) is 0 Å². The average Bonchev–Trinajstić information content (AvgIpc) is 1.62. The molecule has 0 unspecified atom stereocenters. The van der Waals surface area contributed by atoms with Crippen molar-refractivity contribution in [2.24, 2.45) is 0 Å². The third-order valence-corrected chi connectivity index (χ3v) is 1.31. The summed E-state index contributed by atoms with van der Waals surface area (Å²) in [6, 6.07) is 0. The summed E-state index contributed by atoms with van der Waals surface area (Å²) >= 11 is 0. The molecule has 0 heterocycles. The van der Waals surface area contributed by atoms with Gasteiger partial charge in [-0.15, -0.1) is 0 Å². The Bertz CT molecular complexity index is 154. The van der Waals surface area contributed by atoms with Crippen LogP contribution in [-0.2, 0) is 4.79 Å². The molecule has 1 heteroatoms. The Hall–Kier alpha value is -0.850. The van der Waals surface area contributed by atoms with Crippen LogP contribution in [0.3, 0.4) is 0 Å². The third kappa shape index (κ3) is 0.713. The molecule has 0 aromatic heterocycles. The van der Waals surface area contributed by atoms with E-state index in [0.29, 0.717) is 0 Å². The molecule has 0 N–H and O–H groups in total. The fourth-order valence-electron chi connectivity index (χ4n) is 0.644. The van der Waals surface area contributed by atoms with Crippen molar-refractivity contribution >= 4 is 5.78 Å². The Balaban J connectivity index is 2.59. The van der Waals surface area contributed by atoms with Crippen molar-refractivity contribution in [1.29, 1.82) is 0 Å². The molecule has 1 aliphatic rings. The summed E-state index contributed by atoms with van der Waals surface area (Å²) in [6.45, 7) is 3.37. The molecule has 0 bridgehead atoms. The summed E-state index contributed by atoms with van der Waals surface area (Å²) < 4.78 is 0. The van der Waals surface area contributed by atoms with E-state index >= 15 is 0 Å². The minimum absolute atomic E-state index is 0.0938. The first kappa shape index (κ1) is 5.29. The summed E-state index contributed by atoms with van der Waals surface area (Å²) in [5.41, 5.74) is 0.931. The van der Waals surface area contributed by atoms with E-state index < -0.39 is 0 Å². The van der Waals surface area contributed by atoms with Gasteiger partial charge in [-0.25, -0.2) is 0 Å². The Morgan fingerprint density at radius 1 is 1.88 bits per heavy atom. The number of hydrogen-bond donors (Lipinski definition) is 0. The van der Waals surface area contributed by atoms with Crippen molar-refractivity contribution in [2.45, 2.75) is 12.8 Å². The number of ketones is 1. The Labute approximate surface area is 48.7 Å². The first-order chi connectivity index (χ1) is 3.84. The number of hydrogen-bond acceptors (Lipinski definition) is 1. The standard InChI is InChI=1S/C7H8O/c1-2-7(8)6-4-3-5-6/h2,4H,1,3,5H2. The molecule has 0 spiro atoms. The first-order valence-corrected chi connectivity index (χ1v) is 2.70. The lowest BCUT2D eigenvalue weighted by Crippen LogP contribution is -2.03. The van der Waals surface area contributed by atoms with E-state index in [1.807, 2.05) is 6.08 Å². The van der Waals surface area contributed by atoms with Crippen molar-refractivity contribution in [2.75, 3.05) is 0 Å². The fraction of sp³-hybridized carbons (Fsp3) is 0.286. The highest BCUT2D eigenvalue weighted by Crippen LogP contribution is 2.18. The molecule has 42 valence electrons. The Morgan fingerprint density at radius 2 is 2.50 bits per heavy atom. The van der Waals surface area contributed by atoms with Crippen molar-refractivity contribution in [3.05, 3.63) is 24.3 Å². The lowest BCUT2D eigenvalue weighted by molar-refractivity contribution is -0.111. The van der Waals surface area contributed by atoms with Gasteiger partial charge < -0.3 is 0 Å². The maximum atomic E-state index is 10.6. The second-order valence-corrected chi connectivity index (χ2v) is 1.84. The summed E-state index contributed by atoms with van der Waals surface area (Å²) in [7, 11) is 0. The molecule has 0 radical (unpaired) electrons. The second-order valence-electron chi connectivity index (χ2n) is 1.84. The molecule has 0 saturated heterocycles. The molecular formula is C7H8O. The van der Waals surface area contributed by atoms with Crippen molar-refractivity contribution in [3.63, 3.8) is 0 Å². The van der Waals surface area contributed by atoms with Crippen LogP contribution in [0.4, 0.5) is 0 Å². The molecule has 0 saturated carbocycles. The average molecular weight is 108 g/mol. The van der Waals surface area contributed by atoms with Crippen LogP contribution in [-0.4, -0.2) is 5.78 Å². The van der Waals surface area contributed by atoms with E-state index in [4.69, 9.17) is 0 Å². The van der Waals surface area contributed by atoms with Crippen molar-refractivity contribution in [3.8, 4) is 0 Å². The summed E-state index contributed by atoms with van der Waals surface area (Å²) in [5.74, 6) is 0.0938. The topological polar surface area (TPSA) is 17.1 Å². The zero-order chi connectivity index (χ0) is 5.98. The highest BCUT2D eigenvalue weighted by Gasteiger charge is 2.10. The van der Waals surface area contributed by atoms with Crippen molar-refractivity contribution < 1.29 is 4.79 Å². The third-order valence-electron chi connectivity index (χ3n) is 1.31. The quantitative estimate of drug-likeness (QED) is 0.489. The van der Waals surface area contributed by atoms with Gasteiger partial charge in [0.15, 0.2) is 5.78 Å². The molecule has 0 aromatic carbocycles. The zero-order valence-electron chi connectivity index (χ0n) is 4.68. The highest BCUT2D eigenvalue weighted by atomic mass is 16.1. The van der Waals surface area contributed by atoms with Gasteiger partial charge in [0, 0.05) is 0 Å². The van der Waals surface area contributed by atoms with Crippen LogP contribution in [0.25, 0.3) is 0 Å². The van der Waals surface area contributed by atoms with E-state index in [2.05, 4.69) is 6.58 Å². The number of carbonyl (C=O) groups is 1.